The summed E-state index contributed by atoms with van der Waals surface area (Å²) in [7, 11) is -1.61. The predicted octanol–water partition coefficient (Wildman–Crippen LogP) is 1.51. The van der Waals surface area contributed by atoms with Crippen LogP contribution in [-0.2, 0) is 14.9 Å². The molecule has 5 nitrogen and oxygen atoms in total. The van der Waals surface area contributed by atoms with E-state index in [9.17, 15) is 8.42 Å². The summed E-state index contributed by atoms with van der Waals surface area (Å²) in [6.07, 6.45) is 7.79. The van der Waals surface area contributed by atoms with Crippen molar-refractivity contribution >= 4 is 10.2 Å². The Bertz CT molecular complexity index is 432. The van der Waals surface area contributed by atoms with Gasteiger partial charge in [-0.1, -0.05) is 12.8 Å². The quantitative estimate of drug-likeness (QED) is 0.856. The van der Waals surface area contributed by atoms with E-state index in [2.05, 4.69) is 4.72 Å². The molecule has 116 valence electrons. The van der Waals surface area contributed by atoms with Crippen molar-refractivity contribution in [3.05, 3.63) is 0 Å². The van der Waals surface area contributed by atoms with E-state index in [0.717, 1.165) is 25.2 Å². The number of hydrogen-bond donors (Lipinski definition) is 1. The molecule has 0 aromatic heterocycles. The topological polar surface area (TPSA) is 58.6 Å². The van der Waals surface area contributed by atoms with E-state index in [4.69, 9.17) is 4.74 Å². The Hall–Kier alpha value is -0.170. The van der Waals surface area contributed by atoms with E-state index in [1.165, 1.54) is 25.7 Å². The van der Waals surface area contributed by atoms with Gasteiger partial charge in [0.2, 0.25) is 0 Å². The molecule has 6 heteroatoms. The number of rotatable bonds is 4. The highest BCUT2D eigenvalue weighted by Gasteiger charge is 2.41. The highest BCUT2D eigenvalue weighted by Crippen LogP contribution is 2.44. The van der Waals surface area contributed by atoms with Gasteiger partial charge in [-0.25, -0.2) is 0 Å². The molecule has 3 aliphatic rings. The van der Waals surface area contributed by atoms with E-state index in [1.54, 1.807) is 11.4 Å². The van der Waals surface area contributed by atoms with Crippen LogP contribution in [-0.4, -0.2) is 45.1 Å². The van der Waals surface area contributed by atoms with Crippen LogP contribution >= 0.6 is 0 Å². The summed E-state index contributed by atoms with van der Waals surface area (Å²) in [5.74, 6) is 1.35. The number of hydrogen-bond acceptors (Lipinski definition) is 3. The zero-order valence-corrected chi connectivity index (χ0v) is 13.1. The van der Waals surface area contributed by atoms with Gasteiger partial charge in [-0.2, -0.15) is 17.4 Å². The molecular weight excluding hydrogens is 276 g/mol. The lowest BCUT2D eigenvalue weighted by Crippen LogP contribution is -2.50. The summed E-state index contributed by atoms with van der Waals surface area (Å²) in [5, 5.41) is 0. The van der Waals surface area contributed by atoms with Gasteiger partial charge in [0.15, 0.2) is 0 Å². The van der Waals surface area contributed by atoms with E-state index >= 15 is 0 Å². The van der Waals surface area contributed by atoms with Gasteiger partial charge in [0.05, 0.1) is 6.10 Å². The predicted molar refractivity (Wildman–Crippen MR) is 77.5 cm³/mol. The first kappa shape index (κ1) is 14.8. The normalized spacial score (nSPS) is 36.4. The summed E-state index contributed by atoms with van der Waals surface area (Å²) in [5.41, 5.74) is 0. The van der Waals surface area contributed by atoms with Crippen molar-refractivity contribution in [2.45, 2.75) is 57.1 Å². The fourth-order valence-corrected chi connectivity index (χ4v) is 5.80. The molecule has 0 bridgehead atoms. The van der Waals surface area contributed by atoms with Gasteiger partial charge in [-0.3, -0.25) is 0 Å². The summed E-state index contributed by atoms with van der Waals surface area (Å²) >= 11 is 0. The third-order valence-electron chi connectivity index (χ3n) is 5.46. The van der Waals surface area contributed by atoms with Gasteiger partial charge in [0, 0.05) is 26.2 Å². The Morgan fingerprint density at radius 1 is 1.05 bits per heavy atom. The largest absolute Gasteiger partial charge is 0.381 e. The Morgan fingerprint density at radius 3 is 2.50 bits per heavy atom. The zero-order valence-electron chi connectivity index (χ0n) is 12.3. The van der Waals surface area contributed by atoms with Crippen molar-refractivity contribution in [1.29, 1.82) is 0 Å². The molecule has 1 heterocycles. The summed E-state index contributed by atoms with van der Waals surface area (Å²) in [6.45, 7) is 1.16. The maximum atomic E-state index is 12.5. The highest BCUT2D eigenvalue weighted by atomic mass is 32.2. The van der Waals surface area contributed by atoms with Crippen LogP contribution in [0.25, 0.3) is 0 Å². The standard InChI is InChI=1S/C14H26N2O3S/c1-19-12-7-9-16(10-8-12)20(17,18)15-14-6-5-11-3-2-4-13(11)14/h11-15H,2-10H2,1H3/t11-,13-,14-/m0/s1. The van der Waals surface area contributed by atoms with Crippen molar-refractivity contribution in [2.24, 2.45) is 11.8 Å². The smallest absolute Gasteiger partial charge is 0.279 e. The molecule has 0 amide bonds. The van der Waals surface area contributed by atoms with Gasteiger partial charge in [0.25, 0.3) is 10.2 Å². The summed E-state index contributed by atoms with van der Waals surface area (Å²) in [4.78, 5) is 0. The van der Waals surface area contributed by atoms with E-state index in [0.29, 0.717) is 19.0 Å². The highest BCUT2D eigenvalue weighted by molar-refractivity contribution is 7.87. The average Bonchev–Trinajstić information content (AvgIpc) is 3.04. The van der Waals surface area contributed by atoms with Crippen LogP contribution in [0.4, 0.5) is 0 Å². The lowest BCUT2D eigenvalue weighted by atomic mass is 9.98. The van der Waals surface area contributed by atoms with Crippen molar-refractivity contribution in [1.82, 2.24) is 9.03 Å². The Balaban J connectivity index is 1.59. The molecule has 2 saturated carbocycles. The zero-order chi connectivity index (χ0) is 14.2. The van der Waals surface area contributed by atoms with E-state index in [-0.39, 0.29) is 12.1 Å². The summed E-state index contributed by atoms with van der Waals surface area (Å²) in [6, 6.07) is 0.174. The molecule has 1 aliphatic heterocycles. The maximum absolute atomic E-state index is 12.5. The number of nitrogens with one attached hydrogen (secondary N) is 1. The van der Waals surface area contributed by atoms with Crippen molar-refractivity contribution in [3.8, 4) is 0 Å². The van der Waals surface area contributed by atoms with Crippen molar-refractivity contribution in [2.75, 3.05) is 20.2 Å². The van der Waals surface area contributed by atoms with Crippen LogP contribution < -0.4 is 4.72 Å². The van der Waals surface area contributed by atoms with Crippen LogP contribution in [0.2, 0.25) is 0 Å². The Morgan fingerprint density at radius 2 is 1.80 bits per heavy atom. The third-order valence-corrected chi connectivity index (χ3v) is 7.10. The first-order valence-corrected chi connectivity index (χ1v) is 9.34. The molecule has 2 aliphatic carbocycles. The molecule has 1 N–H and O–H groups in total. The molecule has 0 unspecified atom stereocenters. The number of ether oxygens (including phenoxy) is 1. The number of nitrogens with zero attached hydrogens (tertiary/aromatic N) is 1. The van der Waals surface area contributed by atoms with E-state index < -0.39 is 10.2 Å². The molecule has 3 atom stereocenters. The molecule has 0 spiro atoms. The molecule has 20 heavy (non-hydrogen) atoms. The van der Waals surface area contributed by atoms with Crippen LogP contribution in [0.1, 0.15) is 44.9 Å². The molecule has 3 rings (SSSR count). The minimum Gasteiger partial charge on any atom is -0.381 e. The Kier molecular flexibility index (Phi) is 4.36. The van der Waals surface area contributed by atoms with Gasteiger partial charge >= 0.3 is 0 Å². The minimum absolute atomic E-state index is 0.174. The monoisotopic (exact) mass is 302 g/mol. The van der Waals surface area contributed by atoms with E-state index in [1.807, 2.05) is 0 Å². The number of fused-ring (bicyclic) bond motifs is 1. The number of methoxy groups -OCH3 is 1. The fourth-order valence-electron chi connectivity index (χ4n) is 4.28. The van der Waals surface area contributed by atoms with Crippen LogP contribution in [0.3, 0.4) is 0 Å². The molecular formula is C14H26N2O3S. The molecule has 0 aromatic rings. The first-order chi connectivity index (χ1) is 9.60. The number of piperidine rings is 1. The van der Waals surface area contributed by atoms with Crippen molar-refractivity contribution < 1.29 is 13.2 Å². The maximum Gasteiger partial charge on any atom is 0.279 e. The van der Waals surface area contributed by atoms with Crippen LogP contribution in [0.15, 0.2) is 0 Å². The van der Waals surface area contributed by atoms with Gasteiger partial charge in [-0.05, 0) is 43.9 Å². The molecule has 0 radical (unpaired) electrons. The van der Waals surface area contributed by atoms with Gasteiger partial charge < -0.3 is 4.74 Å². The average molecular weight is 302 g/mol. The first-order valence-electron chi connectivity index (χ1n) is 7.90. The minimum atomic E-state index is -3.31. The van der Waals surface area contributed by atoms with Crippen molar-refractivity contribution in [3.63, 3.8) is 0 Å². The SMILES string of the molecule is COC1CCN(S(=O)(=O)N[C@H]2CC[C@@H]3CCC[C@@H]32)CC1. The second-order valence-corrected chi connectivity index (χ2v) is 8.20. The lowest BCUT2D eigenvalue weighted by molar-refractivity contribution is 0.0600. The summed E-state index contributed by atoms with van der Waals surface area (Å²) < 4.78 is 34.9. The van der Waals surface area contributed by atoms with Gasteiger partial charge in [-0.15, -0.1) is 0 Å². The molecule has 3 fully saturated rings. The molecule has 0 aromatic carbocycles. The second-order valence-electron chi connectivity index (χ2n) is 6.50. The fraction of sp³-hybridized carbons (Fsp3) is 1.00. The third kappa shape index (κ3) is 2.89. The van der Waals surface area contributed by atoms with Gasteiger partial charge in [0.1, 0.15) is 0 Å². The molecule has 1 saturated heterocycles. The van der Waals surface area contributed by atoms with Crippen LogP contribution in [0, 0.1) is 11.8 Å². The lowest BCUT2D eigenvalue weighted by Gasteiger charge is -2.32. The van der Waals surface area contributed by atoms with Crippen LogP contribution in [0.5, 0.6) is 0 Å². The second kappa shape index (κ2) is 5.91. The Labute approximate surface area is 122 Å².